The van der Waals surface area contributed by atoms with Gasteiger partial charge in [0.15, 0.2) is 0 Å². The number of nitrogens with one attached hydrogen (secondary N) is 1. The van der Waals surface area contributed by atoms with Gasteiger partial charge in [-0.3, -0.25) is 4.79 Å². The second-order valence-electron chi connectivity index (χ2n) is 5.25. The Morgan fingerprint density at radius 2 is 2.19 bits per heavy atom. The minimum atomic E-state index is -0.850. The van der Waals surface area contributed by atoms with Crippen LogP contribution in [0, 0.1) is 5.92 Å². The van der Waals surface area contributed by atoms with Crippen molar-refractivity contribution >= 4 is 27.9 Å². The summed E-state index contributed by atoms with van der Waals surface area (Å²) in [6.07, 6.45) is 0.877. The number of nitrogens with zero attached hydrogens (tertiary/aromatic N) is 1. The molecule has 1 aromatic rings. The summed E-state index contributed by atoms with van der Waals surface area (Å²) in [5.41, 5.74) is 2.07. The van der Waals surface area contributed by atoms with E-state index in [0.717, 1.165) is 27.8 Å². The Morgan fingerprint density at radius 3 is 2.90 bits per heavy atom. The maximum absolute atomic E-state index is 11.9. The molecule has 0 spiro atoms. The number of carboxylic acids is 1. The van der Waals surface area contributed by atoms with E-state index in [-0.39, 0.29) is 19.1 Å². The standard InChI is InChI=1S/C14H15BrN2O4/c15-11-3-8-1-2-21-12(8)9(4-11)5-16-14(20)17-6-10(7-17)13(18)19/h3-4,10H,1-2,5-7H2,(H,16,20)(H,18,19). The SMILES string of the molecule is O=C(O)C1CN(C(=O)NCc2cc(Br)cc3c2OCC3)C1. The second kappa shape index (κ2) is 5.55. The van der Waals surface area contributed by atoms with Crippen LogP contribution in [0.2, 0.25) is 0 Å². The predicted molar refractivity (Wildman–Crippen MR) is 78.3 cm³/mol. The zero-order chi connectivity index (χ0) is 15.0. The molecule has 2 N–H and O–H groups in total. The monoisotopic (exact) mass is 354 g/mol. The minimum Gasteiger partial charge on any atom is -0.493 e. The first kappa shape index (κ1) is 14.2. The summed E-state index contributed by atoms with van der Waals surface area (Å²) >= 11 is 3.46. The maximum atomic E-state index is 11.9. The molecule has 3 rings (SSSR count). The molecule has 0 aliphatic carbocycles. The smallest absolute Gasteiger partial charge is 0.317 e. The highest BCUT2D eigenvalue weighted by Crippen LogP contribution is 2.32. The van der Waals surface area contributed by atoms with Gasteiger partial charge in [0, 0.05) is 36.1 Å². The number of hydrogen-bond acceptors (Lipinski definition) is 3. The first-order chi connectivity index (χ1) is 10.0. The average molecular weight is 355 g/mol. The van der Waals surface area contributed by atoms with Crippen molar-refractivity contribution in [2.45, 2.75) is 13.0 Å². The van der Waals surface area contributed by atoms with E-state index < -0.39 is 11.9 Å². The summed E-state index contributed by atoms with van der Waals surface area (Å²) < 4.78 is 6.57. The van der Waals surface area contributed by atoms with Crippen molar-refractivity contribution in [1.82, 2.24) is 10.2 Å². The maximum Gasteiger partial charge on any atom is 0.317 e. The lowest BCUT2D eigenvalue weighted by Crippen LogP contribution is -2.56. The Kier molecular flexibility index (Phi) is 3.75. The Balaban J connectivity index is 1.59. The lowest BCUT2D eigenvalue weighted by Gasteiger charge is -2.36. The summed E-state index contributed by atoms with van der Waals surface area (Å²) in [5.74, 6) is -0.433. The van der Waals surface area contributed by atoms with Crippen molar-refractivity contribution < 1.29 is 19.4 Å². The highest BCUT2D eigenvalue weighted by Gasteiger charge is 2.35. The van der Waals surface area contributed by atoms with Crippen LogP contribution in [0.3, 0.4) is 0 Å². The molecule has 7 heteroatoms. The summed E-state index contributed by atoms with van der Waals surface area (Å²) in [6, 6.07) is 3.72. The van der Waals surface area contributed by atoms with E-state index in [0.29, 0.717) is 13.2 Å². The van der Waals surface area contributed by atoms with E-state index in [9.17, 15) is 9.59 Å². The summed E-state index contributed by atoms with van der Waals surface area (Å²) in [7, 11) is 0. The van der Waals surface area contributed by atoms with Crippen LogP contribution in [0.25, 0.3) is 0 Å². The predicted octanol–water partition coefficient (Wildman–Crippen LogP) is 1.61. The first-order valence-electron chi connectivity index (χ1n) is 6.74. The fourth-order valence-electron chi connectivity index (χ4n) is 2.56. The van der Waals surface area contributed by atoms with Crippen molar-refractivity contribution in [2.75, 3.05) is 19.7 Å². The van der Waals surface area contributed by atoms with Crippen molar-refractivity contribution in [1.29, 1.82) is 0 Å². The molecular weight excluding hydrogens is 340 g/mol. The Morgan fingerprint density at radius 1 is 1.43 bits per heavy atom. The number of halogens is 1. The molecule has 1 aromatic carbocycles. The van der Waals surface area contributed by atoms with E-state index >= 15 is 0 Å². The van der Waals surface area contributed by atoms with Crippen LogP contribution in [-0.2, 0) is 17.8 Å². The van der Waals surface area contributed by atoms with Gasteiger partial charge in [-0.25, -0.2) is 4.79 Å². The van der Waals surface area contributed by atoms with Crippen molar-refractivity contribution in [3.05, 3.63) is 27.7 Å². The van der Waals surface area contributed by atoms with Crippen LogP contribution in [0.15, 0.2) is 16.6 Å². The third-order valence-electron chi connectivity index (χ3n) is 3.77. The van der Waals surface area contributed by atoms with E-state index in [1.807, 2.05) is 12.1 Å². The minimum absolute atomic E-state index is 0.237. The van der Waals surface area contributed by atoms with Crippen molar-refractivity contribution in [2.24, 2.45) is 5.92 Å². The number of fused-ring (bicyclic) bond motifs is 1. The molecule has 0 unspecified atom stereocenters. The molecule has 0 aromatic heterocycles. The molecule has 21 heavy (non-hydrogen) atoms. The first-order valence-corrected chi connectivity index (χ1v) is 7.53. The number of rotatable bonds is 3. The third-order valence-corrected chi connectivity index (χ3v) is 4.23. The number of carbonyl (C=O) groups excluding carboxylic acids is 1. The van der Waals surface area contributed by atoms with E-state index in [1.54, 1.807) is 0 Å². The van der Waals surface area contributed by atoms with Gasteiger partial charge in [-0.05, 0) is 17.7 Å². The lowest BCUT2D eigenvalue weighted by molar-refractivity contribution is -0.146. The number of benzene rings is 1. The second-order valence-corrected chi connectivity index (χ2v) is 6.17. The zero-order valence-electron chi connectivity index (χ0n) is 11.3. The molecule has 2 aliphatic rings. The average Bonchev–Trinajstić information content (AvgIpc) is 2.81. The molecule has 1 saturated heterocycles. The van der Waals surface area contributed by atoms with Gasteiger partial charge in [-0.1, -0.05) is 15.9 Å². The topological polar surface area (TPSA) is 78.9 Å². The Labute approximate surface area is 130 Å². The van der Waals surface area contributed by atoms with Gasteiger partial charge in [-0.2, -0.15) is 0 Å². The highest BCUT2D eigenvalue weighted by atomic mass is 79.9. The summed E-state index contributed by atoms with van der Waals surface area (Å²) in [5, 5.41) is 11.6. The quantitative estimate of drug-likeness (QED) is 0.864. The number of aliphatic carboxylic acids is 1. The largest absolute Gasteiger partial charge is 0.493 e. The van der Waals surface area contributed by atoms with Crippen LogP contribution >= 0.6 is 15.9 Å². The molecule has 0 saturated carbocycles. The highest BCUT2D eigenvalue weighted by molar-refractivity contribution is 9.10. The van der Waals surface area contributed by atoms with Crippen LogP contribution in [0.4, 0.5) is 4.79 Å². The van der Waals surface area contributed by atoms with Gasteiger partial charge in [0.2, 0.25) is 0 Å². The molecule has 0 radical (unpaired) electrons. The molecule has 2 amide bonds. The Bertz CT molecular complexity index is 599. The number of amides is 2. The normalized spacial score (nSPS) is 16.9. The van der Waals surface area contributed by atoms with Gasteiger partial charge in [0.25, 0.3) is 0 Å². The zero-order valence-corrected chi connectivity index (χ0v) is 12.9. The van der Waals surface area contributed by atoms with Crippen LogP contribution in [0.1, 0.15) is 11.1 Å². The fourth-order valence-corrected chi connectivity index (χ4v) is 3.11. The molecule has 2 aliphatic heterocycles. The lowest BCUT2D eigenvalue weighted by atomic mass is 10.0. The van der Waals surface area contributed by atoms with Crippen LogP contribution in [-0.4, -0.2) is 41.7 Å². The van der Waals surface area contributed by atoms with E-state index in [1.165, 1.54) is 4.90 Å². The van der Waals surface area contributed by atoms with Crippen LogP contribution in [0.5, 0.6) is 5.75 Å². The Hall–Kier alpha value is -1.76. The van der Waals surface area contributed by atoms with Crippen molar-refractivity contribution in [3.8, 4) is 5.75 Å². The molecule has 2 heterocycles. The van der Waals surface area contributed by atoms with Gasteiger partial charge >= 0.3 is 12.0 Å². The molecule has 6 nitrogen and oxygen atoms in total. The molecule has 112 valence electrons. The number of carbonyl (C=O) groups is 2. The van der Waals surface area contributed by atoms with E-state index in [2.05, 4.69) is 21.2 Å². The van der Waals surface area contributed by atoms with Gasteiger partial charge in [0.05, 0.1) is 12.5 Å². The number of likely N-dealkylation sites (tertiary alicyclic amines) is 1. The van der Waals surface area contributed by atoms with Gasteiger partial charge in [0.1, 0.15) is 5.75 Å². The molecular formula is C14H15BrN2O4. The van der Waals surface area contributed by atoms with Gasteiger partial charge < -0.3 is 20.1 Å². The molecule has 0 atom stereocenters. The number of urea groups is 1. The summed E-state index contributed by atoms with van der Waals surface area (Å²) in [6.45, 7) is 1.58. The number of hydrogen-bond donors (Lipinski definition) is 2. The number of carboxylic acid groups (broad SMARTS) is 1. The molecule has 0 bridgehead atoms. The van der Waals surface area contributed by atoms with Gasteiger partial charge in [-0.15, -0.1) is 0 Å². The molecule has 1 fully saturated rings. The van der Waals surface area contributed by atoms with E-state index in [4.69, 9.17) is 9.84 Å². The van der Waals surface area contributed by atoms with Crippen molar-refractivity contribution in [3.63, 3.8) is 0 Å². The third kappa shape index (κ3) is 2.83. The fraction of sp³-hybridized carbons (Fsp3) is 0.429. The number of ether oxygens (including phenoxy) is 1. The van der Waals surface area contributed by atoms with Crippen LogP contribution < -0.4 is 10.1 Å². The summed E-state index contributed by atoms with van der Waals surface area (Å²) in [4.78, 5) is 24.1.